The molecule has 0 fully saturated rings. The lowest BCUT2D eigenvalue weighted by atomic mass is 11.3. The predicted molar refractivity (Wildman–Crippen MR) is 88.9 cm³/mol. The summed E-state index contributed by atoms with van der Waals surface area (Å²) in [7, 11) is 7.86. The summed E-state index contributed by atoms with van der Waals surface area (Å²) in [6.07, 6.45) is 0. The maximum absolute atomic E-state index is 2.86. The van der Waals surface area contributed by atoms with Crippen molar-refractivity contribution in [1.29, 1.82) is 0 Å². The van der Waals surface area contributed by atoms with Gasteiger partial charge in [-0.1, -0.05) is 0 Å². The highest BCUT2D eigenvalue weighted by molar-refractivity contribution is 6.62. The summed E-state index contributed by atoms with van der Waals surface area (Å²) in [6, 6.07) is 0. The van der Waals surface area contributed by atoms with Crippen LogP contribution in [-0.2, 0) is 0 Å². The average molecular weight is 317 g/mol. The van der Waals surface area contributed by atoms with Gasteiger partial charge in [0, 0.05) is 6.67 Å². The van der Waals surface area contributed by atoms with Crippen LogP contribution in [0.1, 0.15) is 0 Å². The quantitative estimate of drug-likeness (QED) is 0.356. The fraction of sp³-hybridized carbons (Fsp3) is 1.00. The first-order valence-corrected chi connectivity index (χ1v) is 12.5. The van der Waals surface area contributed by atoms with Crippen molar-refractivity contribution >= 4 is 82.1 Å². The van der Waals surface area contributed by atoms with Gasteiger partial charge in [0.2, 0.25) is 0 Å². The maximum atomic E-state index is 2.86. The zero-order chi connectivity index (χ0) is 10.4. The lowest BCUT2D eigenvalue weighted by molar-refractivity contribution is 0.514. The van der Waals surface area contributed by atoms with E-state index in [1.807, 2.05) is 0 Å². The van der Waals surface area contributed by atoms with E-state index in [1.54, 1.807) is 0 Å². The normalized spacial score (nSPS) is 15.7. The van der Waals surface area contributed by atoms with E-state index >= 15 is 0 Å². The standard InChI is InChI=1S/CH24N4Si8/c6-2(7)1-3(12-4(8)9)13-5(10)11/h1,12-13H2,6-11H3. The summed E-state index contributed by atoms with van der Waals surface area (Å²) in [4.78, 5) is 0. The molecule has 0 radical (unpaired) electrons. The summed E-state index contributed by atoms with van der Waals surface area (Å²) in [5, 5.41) is 0. The molecule has 4 nitrogen and oxygen atoms in total. The van der Waals surface area contributed by atoms with Crippen molar-refractivity contribution in [2.24, 2.45) is 0 Å². The van der Waals surface area contributed by atoms with Gasteiger partial charge in [0.05, 0.1) is 62.4 Å². The average Bonchev–Trinajstić information content (AvgIpc) is 1.80. The highest BCUT2D eigenvalue weighted by atomic mass is 28.4. The Morgan fingerprint density at radius 3 is 1.38 bits per heavy atom. The molecule has 12 heteroatoms. The molecule has 0 aromatic carbocycles. The minimum atomic E-state index is 0.0319. The van der Waals surface area contributed by atoms with Crippen LogP contribution in [0.2, 0.25) is 0 Å². The van der Waals surface area contributed by atoms with E-state index in [0.29, 0.717) is 0 Å². The van der Waals surface area contributed by atoms with Crippen LogP contribution in [-0.4, -0.2) is 105 Å². The highest BCUT2D eigenvalue weighted by Crippen LogP contribution is 1.86. The molecule has 0 spiro atoms. The molecule has 0 rings (SSSR count). The van der Waals surface area contributed by atoms with Crippen LogP contribution in [0.25, 0.3) is 0 Å². The molecule has 0 aromatic heterocycles. The first kappa shape index (κ1) is 14.6. The second-order valence-corrected chi connectivity index (χ2v) is 29.7. The molecule has 0 N–H and O–H groups in total. The zero-order valence-electron chi connectivity index (χ0n) is 9.91. The van der Waals surface area contributed by atoms with Crippen LogP contribution in [0, 0.1) is 0 Å². The molecular formula is CH24N4Si8. The molecule has 80 valence electrons. The third kappa shape index (κ3) is 9.87. The third-order valence-electron chi connectivity index (χ3n) is 1.45. The molecule has 0 saturated carbocycles. The molecule has 0 aliphatic carbocycles. The Bertz CT molecular complexity index is 104. The van der Waals surface area contributed by atoms with E-state index in [-0.39, 0.29) is 19.7 Å². The first-order valence-electron chi connectivity index (χ1n) is 4.58. The molecular weight excluding hydrogens is 293 g/mol. The minimum Gasteiger partial charge on any atom is -0.376 e. The van der Waals surface area contributed by atoms with Crippen molar-refractivity contribution in [1.82, 2.24) is 16.3 Å². The Labute approximate surface area is 105 Å². The van der Waals surface area contributed by atoms with E-state index in [0.717, 1.165) is 0 Å². The van der Waals surface area contributed by atoms with Crippen LogP contribution in [0.3, 0.4) is 0 Å². The van der Waals surface area contributed by atoms with E-state index < -0.39 is 0 Å². The molecule has 0 saturated heterocycles. The molecule has 0 heterocycles. The van der Waals surface area contributed by atoms with E-state index in [4.69, 9.17) is 0 Å². The Hall–Kier alpha value is 1.58. The van der Waals surface area contributed by atoms with Crippen molar-refractivity contribution in [3.63, 3.8) is 0 Å². The fourth-order valence-electron chi connectivity index (χ4n) is 1.33. The SMILES string of the molecule is [SiH3]N([SiH3])CN([SiH2]N([SiH3])[SiH3])[SiH2]N([SiH3])[SiH3]. The number of hydrogen-bond acceptors (Lipinski definition) is 4. The van der Waals surface area contributed by atoms with Gasteiger partial charge in [-0.05, 0) is 0 Å². The molecule has 0 atom stereocenters. The van der Waals surface area contributed by atoms with E-state index in [2.05, 4.69) is 16.3 Å². The summed E-state index contributed by atoms with van der Waals surface area (Å²) >= 11 is 0. The topological polar surface area (TPSA) is 13.0 Å². The van der Waals surface area contributed by atoms with Gasteiger partial charge in [-0.15, -0.1) is 0 Å². The Balaban J connectivity index is 3.87. The summed E-state index contributed by atoms with van der Waals surface area (Å²) in [5.74, 6) is 0. The van der Waals surface area contributed by atoms with Gasteiger partial charge >= 0.3 is 0 Å². The first-order chi connectivity index (χ1) is 5.91. The maximum Gasteiger partial charge on any atom is 0.153 e. The molecule has 0 aliphatic heterocycles. The highest BCUT2D eigenvalue weighted by Gasteiger charge is 2.07. The Morgan fingerprint density at radius 1 is 0.769 bits per heavy atom. The van der Waals surface area contributed by atoms with Gasteiger partial charge in [0.1, 0.15) is 0 Å². The molecule has 13 heavy (non-hydrogen) atoms. The van der Waals surface area contributed by atoms with Crippen LogP contribution >= 0.6 is 0 Å². The van der Waals surface area contributed by atoms with E-state index in [1.165, 1.54) is 69.1 Å². The van der Waals surface area contributed by atoms with Gasteiger partial charge < -0.3 is 16.3 Å². The number of nitrogens with zero attached hydrogens (tertiary/aromatic N) is 4. The van der Waals surface area contributed by atoms with Crippen molar-refractivity contribution in [2.45, 2.75) is 0 Å². The molecule has 0 unspecified atom stereocenters. The van der Waals surface area contributed by atoms with Gasteiger partial charge in [-0.3, -0.25) is 0 Å². The second-order valence-electron chi connectivity index (χ2n) is 4.33. The molecule has 0 aliphatic rings. The van der Waals surface area contributed by atoms with Crippen molar-refractivity contribution < 1.29 is 0 Å². The van der Waals surface area contributed by atoms with Gasteiger partial charge in [-0.2, -0.15) is 0 Å². The van der Waals surface area contributed by atoms with E-state index in [9.17, 15) is 0 Å². The van der Waals surface area contributed by atoms with Gasteiger partial charge in [0.25, 0.3) is 0 Å². The monoisotopic (exact) mass is 316 g/mol. The van der Waals surface area contributed by atoms with Gasteiger partial charge in [-0.25, -0.2) is 0 Å². The summed E-state index contributed by atoms with van der Waals surface area (Å²) in [5.41, 5.74) is 0. The lowest BCUT2D eigenvalue weighted by Gasteiger charge is -2.31. The summed E-state index contributed by atoms with van der Waals surface area (Å²) < 4.78 is 10.9. The van der Waals surface area contributed by atoms with Crippen molar-refractivity contribution in [3.05, 3.63) is 0 Å². The zero-order valence-corrected chi connectivity index (χ0v) is 24.7. The smallest absolute Gasteiger partial charge is 0.153 e. The largest absolute Gasteiger partial charge is 0.376 e. The molecule has 0 bridgehead atoms. The minimum absolute atomic E-state index is 0.0319. The van der Waals surface area contributed by atoms with Crippen molar-refractivity contribution in [3.8, 4) is 0 Å². The Morgan fingerprint density at radius 2 is 1.15 bits per heavy atom. The second kappa shape index (κ2) is 7.81. The van der Waals surface area contributed by atoms with Crippen LogP contribution in [0.4, 0.5) is 0 Å². The Kier molecular flexibility index (Phi) is 8.76. The van der Waals surface area contributed by atoms with Gasteiger partial charge in [0.15, 0.2) is 19.7 Å². The summed E-state index contributed by atoms with van der Waals surface area (Å²) in [6.45, 7) is 1.33. The number of hydrogen-bond donors (Lipinski definition) is 0. The van der Waals surface area contributed by atoms with Crippen LogP contribution in [0.5, 0.6) is 0 Å². The third-order valence-corrected chi connectivity index (χ3v) is 8.94. The van der Waals surface area contributed by atoms with Crippen LogP contribution in [0.15, 0.2) is 0 Å². The van der Waals surface area contributed by atoms with Crippen LogP contribution < -0.4 is 0 Å². The number of rotatable bonds is 6. The fourth-order valence-corrected chi connectivity index (χ4v) is 18.7. The lowest BCUT2D eigenvalue weighted by Crippen LogP contribution is -2.50. The molecule has 0 amide bonds. The molecule has 0 aromatic rings. The van der Waals surface area contributed by atoms with Crippen molar-refractivity contribution in [2.75, 3.05) is 6.67 Å². The predicted octanol–water partition coefficient (Wildman–Crippen LogP) is -10.2.